The fraction of sp³-hybridized carbons (Fsp3) is 0.231. The maximum absolute atomic E-state index is 6.35. The topological polar surface area (TPSA) is 29.9 Å². The van der Waals surface area contributed by atoms with E-state index in [4.69, 9.17) is 4.42 Å². The van der Waals surface area contributed by atoms with Gasteiger partial charge in [-0.1, -0.05) is 57.2 Å². The first-order valence-electron chi connectivity index (χ1n) is 10.0. The number of hydrogen-bond donors (Lipinski definition) is 0. The predicted octanol–water partition coefficient (Wildman–Crippen LogP) is 6.23. The number of nitrogens with zero attached hydrogens (tertiary/aromatic N) is 2. The lowest BCUT2D eigenvalue weighted by atomic mass is 9.88. The van der Waals surface area contributed by atoms with Gasteiger partial charge in [-0.3, -0.25) is 0 Å². The van der Waals surface area contributed by atoms with Gasteiger partial charge >= 0.3 is 0 Å². The Kier molecular flexibility index (Phi) is 3.79. The highest BCUT2D eigenvalue weighted by molar-refractivity contribution is 6.19. The number of rotatable bonds is 1. The molecule has 29 heavy (non-hydrogen) atoms. The molecular weight excluding hydrogens is 356 g/mol. The second-order valence-electron chi connectivity index (χ2n) is 8.93. The van der Waals surface area contributed by atoms with E-state index >= 15 is 0 Å². The van der Waals surface area contributed by atoms with E-state index in [9.17, 15) is 0 Å². The van der Waals surface area contributed by atoms with Crippen LogP contribution in [0, 0.1) is 6.92 Å². The zero-order valence-electron chi connectivity index (χ0n) is 17.6. The summed E-state index contributed by atoms with van der Waals surface area (Å²) >= 11 is 0. The van der Waals surface area contributed by atoms with Crippen LogP contribution in [-0.2, 0) is 12.5 Å². The van der Waals surface area contributed by atoms with Crippen LogP contribution in [0.15, 0.2) is 65.3 Å². The van der Waals surface area contributed by atoms with Crippen LogP contribution in [0.3, 0.4) is 0 Å². The van der Waals surface area contributed by atoms with Gasteiger partial charge in [-0.15, -0.1) is 0 Å². The maximum Gasteiger partial charge on any atom is 0.227 e. The quantitative estimate of drug-likeness (QED) is 0.322. The molecule has 144 valence electrons. The first-order chi connectivity index (χ1) is 13.8. The molecule has 3 aromatic heterocycles. The molecule has 0 bridgehead atoms. The molecule has 5 rings (SSSR count). The molecule has 0 aliphatic rings. The lowest BCUT2D eigenvalue weighted by Crippen LogP contribution is -2.33. The van der Waals surface area contributed by atoms with E-state index in [1.54, 1.807) is 0 Å². The number of pyridine rings is 2. The third-order valence-electron chi connectivity index (χ3n) is 5.85. The van der Waals surface area contributed by atoms with Crippen molar-refractivity contribution in [1.82, 2.24) is 4.98 Å². The Bertz CT molecular complexity index is 1400. The minimum atomic E-state index is 0.111. The number of aromatic nitrogens is 2. The highest BCUT2D eigenvalue weighted by Crippen LogP contribution is 2.39. The molecule has 0 unspecified atom stereocenters. The molecule has 3 heterocycles. The first-order valence-corrected chi connectivity index (χ1v) is 10.0. The van der Waals surface area contributed by atoms with Gasteiger partial charge < -0.3 is 4.42 Å². The van der Waals surface area contributed by atoms with Gasteiger partial charge in [0.1, 0.15) is 7.05 Å². The van der Waals surface area contributed by atoms with E-state index in [1.807, 2.05) is 12.3 Å². The van der Waals surface area contributed by atoms with Gasteiger partial charge in [0.2, 0.25) is 11.4 Å². The number of aryl methyl sites for hydroxylation is 2. The van der Waals surface area contributed by atoms with Crippen molar-refractivity contribution in [2.24, 2.45) is 7.05 Å². The molecule has 0 aliphatic heterocycles. The minimum Gasteiger partial charge on any atom is -0.437 e. The van der Waals surface area contributed by atoms with Crippen LogP contribution >= 0.6 is 0 Å². The number of fused-ring (bicyclic) bond motifs is 5. The van der Waals surface area contributed by atoms with Gasteiger partial charge in [-0.05, 0) is 29.4 Å². The van der Waals surface area contributed by atoms with Crippen molar-refractivity contribution in [3.8, 4) is 11.3 Å². The van der Waals surface area contributed by atoms with Crippen molar-refractivity contribution in [3.63, 3.8) is 0 Å². The Labute approximate surface area is 170 Å². The van der Waals surface area contributed by atoms with E-state index in [1.165, 1.54) is 16.5 Å². The van der Waals surface area contributed by atoms with Crippen LogP contribution in [-0.4, -0.2) is 4.98 Å². The molecule has 0 N–H and O–H groups in total. The molecule has 2 aromatic carbocycles. The summed E-state index contributed by atoms with van der Waals surface area (Å²) in [5.74, 6) is 0. The summed E-state index contributed by atoms with van der Waals surface area (Å²) in [7, 11) is 2.11. The van der Waals surface area contributed by atoms with E-state index in [0.717, 1.165) is 33.0 Å². The summed E-state index contributed by atoms with van der Waals surface area (Å²) in [6.45, 7) is 8.86. The zero-order chi connectivity index (χ0) is 20.3. The largest absolute Gasteiger partial charge is 0.437 e. The van der Waals surface area contributed by atoms with Gasteiger partial charge in [0.05, 0.1) is 10.9 Å². The van der Waals surface area contributed by atoms with Crippen LogP contribution in [0.1, 0.15) is 31.9 Å². The number of furan rings is 1. The van der Waals surface area contributed by atoms with Crippen LogP contribution in [0.2, 0.25) is 0 Å². The normalized spacial score (nSPS) is 12.3. The first kappa shape index (κ1) is 17.9. The van der Waals surface area contributed by atoms with Gasteiger partial charge in [-0.25, -0.2) is 9.55 Å². The van der Waals surface area contributed by atoms with E-state index in [-0.39, 0.29) is 5.41 Å². The second-order valence-corrected chi connectivity index (χ2v) is 8.93. The Balaban J connectivity index is 1.85. The predicted molar refractivity (Wildman–Crippen MR) is 119 cm³/mol. The molecule has 0 saturated heterocycles. The Morgan fingerprint density at radius 1 is 0.931 bits per heavy atom. The Morgan fingerprint density at radius 3 is 2.48 bits per heavy atom. The molecule has 0 spiro atoms. The molecule has 0 saturated carbocycles. The van der Waals surface area contributed by atoms with Crippen LogP contribution < -0.4 is 4.57 Å². The standard InChI is InChI=1S/C26H25N2O/c1-16-10-12-20-23-19-9-7-6-8-17(19)14-27-25(23)29-24(20)22(16)21-13-11-18(15-28(21)5)26(2,3)4/h6-15H,1-5H3/q+1. The molecule has 0 radical (unpaired) electrons. The summed E-state index contributed by atoms with van der Waals surface area (Å²) in [5.41, 5.74) is 6.49. The summed E-state index contributed by atoms with van der Waals surface area (Å²) in [4.78, 5) is 4.61. The zero-order valence-corrected chi connectivity index (χ0v) is 17.6. The van der Waals surface area contributed by atoms with Crippen LogP contribution in [0.4, 0.5) is 0 Å². The smallest absolute Gasteiger partial charge is 0.227 e. The third kappa shape index (κ3) is 2.72. The summed E-state index contributed by atoms with van der Waals surface area (Å²) in [5, 5.41) is 4.52. The lowest BCUT2D eigenvalue weighted by molar-refractivity contribution is -0.661. The molecule has 0 atom stereocenters. The second kappa shape index (κ2) is 6.15. The van der Waals surface area contributed by atoms with Gasteiger partial charge in [0, 0.05) is 28.6 Å². The molecule has 0 amide bonds. The van der Waals surface area contributed by atoms with Crippen molar-refractivity contribution in [3.05, 3.63) is 72.1 Å². The SMILES string of the molecule is Cc1ccc2c(oc3ncc4ccccc4c32)c1-c1ccc(C(C)(C)C)c[n+]1C. The Morgan fingerprint density at radius 2 is 1.72 bits per heavy atom. The van der Waals surface area contributed by atoms with E-state index in [2.05, 4.69) is 93.0 Å². The molecular formula is C26H25N2O+. The molecule has 3 heteroatoms. The van der Waals surface area contributed by atoms with Crippen molar-refractivity contribution in [2.45, 2.75) is 33.1 Å². The highest BCUT2D eigenvalue weighted by Gasteiger charge is 2.24. The molecule has 3 nitrogen and oxygen atoms in total. The van der Waals surface area contributed by atoms with E-state index in [0.29, 0.717) is 5.71 Å². The average molecular weight is 381 g/mol. The lowest BCUT2D eigenvalue weighted by Gasteiger charge is -2.17. The van der Waals surface area contributed by atoms with Crippen molar-refractivity contribution in [2.75, 3.05) is 0 Å². The molecule has 0 aliphatic carbocycles. The van der Waals surface area contributed by atoms with E-state index < -0.39 is 0 Å². The fourth-order valence-corrected chi connectivity index (χ4v) is 4.19. The van der Waals surface area contributed by atoms with Crippen LogP contribution in [0.25, 0.3) is 44.1 Å². The average Bonchev–Trinajstić information content (AvgIpc) is 3.06. The highest BCUT2D eigenvalue weighted by atomic mass is 16.3. The summed E-state index contributed by atoms with van der Waals surface area (Å²) in [6.07, 6.45) is 4.12. The fourth-order valence-electron chi connectivity index (χ4n) is 4.19. The van der Waals surface area contributed by atoms with Gasteiger partial charge in [0.15, 0.2) is 11.8 Å². The maximum atomic E-state index is 6.35. The number of hydrogen-bond acceptors (Lipinski definition) is 2. The third-order valence-corrected chi connectivity index (χ3v) is 5.85. The number of benzene rings is 2. The van der Waals surface area contributed by atoms with Gasteiger partial charge in [0.25, 0.3) is 0 Å². The Hall–Kier alpha value is -3.20. The van der Waals surface area contributed by atoms with Crippen molar-refractivity contribution < 1.29 is 8.98 Å². The summed E-state index contributed by atoms with van der Waals surface area (Å²) in [6, 6.07) is 17.1. The van der Waals surface area contributed by atoms with Crippen LogP contribution in [0.5, 0.6) is 0 Å². The molecule has 0 fully saturated rings. The van der Waals surface area contributed by atoms with Crippen molar-refractivity contribution in [1.29, 1.82) is 0 Å². The monoisotopic (exact) mass is 381 g/mol. The molecule has 5 aromatic rings. The van der Waals surface area contributed by atoms with Crippen molar-refractivity contribution >= 4 is 32.8 Å². The minimum absolute atomic E-state index is 0.111. The van der Waals surface area contributed by atoms with Gasteiger partial charge in [-0.2, -0.15) is 0 Å². The summed E-state index contributed by atoms with van der Waals surface area (Å²) < 4.78 is 8.56.